The van der Waals surface area contributed by atoms with E-state index in [4.69, 9.17) is 5.11 Å². The molecule has 1 heterocycles. The van der Waals surface area contributed by atoms with E-state index in [1.54, 1.807) is 0 Å². The lowest BCUT2D eigenvalue weighted by Gasteiger charge is -2.07. The van der Waals surface area contributed by atoms with Gasteiger partial charge in [0, 0.05) is 5.25 Å². The standard InChI is InChI=1S/C5H9NO2S/c7-5(8)4-3(9)1-2-6-4/h3-4,6,9H,1-2H2,(H,7,8)/t3?,4-/m1/s1. The third kappa shape index (κ3) is 1.37. The molecule has 0 radical (unpaired) electrons. The minimum Gasteiger partial charge on any atom is -0.480 e. The summed E-state index contributed by atoms with van der Waals surface area (Å²) in [7, 11) is 0. The first kappa shape index (κ1) is 6.89. The molecule has 52 valence electrons. The zero-order valence-electron chi connectivity index (χ0n) is 4.87. The van der Waals surface area contributed by atoms with Crippen LogP contribution in [0.25, 0.3) is 0 Å². The van der Waals surface area contributed by atoms with Gasteiger partial charge in [0.2, 0.25) is 0 Å². The second-order valence-corrected chi connectivity index (χ2v) is 2.79. The van der Waals surface area contributed by atoms with E-state index in [9.17, 15) is 4.79 Å². The summed E-state index contributed by atoms with van der Waals surface area (Å²) in [4.78, 5) is 10.3. The van der Waals surface area contributed by atoms with Crippen LogP contribution in [0, 0.1) is 0 Å². The van der Waals surface area contributed by atoms with Crippen LogP contribution in [0.15, 0.2) is 0 Å². The van der Waals surface area contributed by atoms with Crippen LogP contribution >= 0.6 is 12.6 Å². The zero-order chi connectivity index (χ0) is 6.85. The van der Waals surface area contributed by atoms with E-state index in [-0.39, 0.29) is 5.25 Å². The fourth-order valence-electron chi connectivity index (χ4n) is 0.941. The third-order valence-corrected chi connectivity index (χ3v) is 2.01. The number of hydrogen-bond donors (Lipinski definition) is 3. The summed E-state index contributed by atoms with van der Waals surface area (Å²) >= 11 is 4.08. The third-order valence-electron chi connectivity index (χ3n) is 1.46. The van der Waals surface area contributed by atoms with Gasteiger partial charge in [-0.1, -0.05) is 0 Å². The Hall–Kier alpha value is -0.220. The molecule has 1 saturated heterocycles. The number of carbonyl (C=O) groups is 1. The smallest absolute Gasteiger partial charge is 0.321 e. The molecule has 2 atom stereocenters. The average molecular weight is 147 g/mol. The highest BCUT2D eigenvalue weighted by Gasteiger charge is 2.29. The molecule has 1 aliphatic rings. The molecular weight excluding hydrogens is 138 g/mol. The van der Waals surface area contributed by atoms with Crippen molar-refractivity contribution in [2.75, 3.05) is 6.54 Å². The number of carboxylic acid groups (broad SMARTS) is 1. The quantitative estimate of drug-likeness (QED) is 0.447. The van der Waals surface area contributed by atoms with Crippen molar-refractivity contribution < 1.29 is 9.90 Å². The zero-order valence-corrected chi connectivity index (χ0v) is 5.77. The summed E-state index contributed by atoms with van der Waals surface area (Å²) in [5.41, 5.74) is 0. The van der Waals surface area contributed by atoms with Crippen LogP contribution in [0.3, 0.4) is 0 Å². The molecule has 1 rings (SSSR count). The van der Waals surface area contributed by atoms with Crippen LogP contribution in [-0.4, -0.2) is 28.9 Å². The molecule has 1 aliphatic heterocycles. The molecule has 3 nitrogen and oxygen atoms in total. The van der Waals surface area contributed by atoms with E-state index >= 15 is 0 Å². The Morgan fingerprint density at radius 2 is 2.44 bits per heavy atom. The molecule has 0 aromatic rings. The highest BCUT2D eigenvalue weighted by atomic mass is 32.1. The molecule has 0 amide bonds. The lowest BCUT2D eigenvalue weighted by atomic mass is 10.2. The van der Waals surface area contributed by atoms with E-state index < -0.39 is 12.0 Å². The van der Waals surface area contributed by atoms with E-state index in [0.717, 1.165) is 13.0 Å². The largest absolute Gasteiger partial charge is 0.480 e. The van der Waals surface area contributed by atoms with E-state index in [0.29, 0.717) is 0 Å². The molecule has 0 saturated carbocycles. The molecule has 1 fully saturated rings. The first-order valence-corrected chi connectivity index (χ1v) is 3.37. The number of carboxylic acids is 1. The second-order valence-electron chi connectivity index (χ2n) is 2.13. The Morgan fingerprint density at radius 3 is 2.67 bits per heavy atom. The number of nitrogens with one attached hydrogen (secondary N) is 1. The Labute approximate surface area is 58.9 Å². The van der Waals surface area contributed by atoms with E-state index in [1.165, 1.54) is 0 Å². The molecule has 0 aromatic heterocycles. The van der Waals surface area contributed by atoms with Crippen molar-refractivity contribution in [1.82, 2.24) is 5.32 Å². The van der Waals surface area contributed by atoms with Gasteiger partial charge in [-0.05, 0) is 13.0 Å². The second kappa shape index (κ2) is 2.58. The maximum Gasteiger partial charge on any atom is 0.321 e. The molecule has 4 heteroatoms. The minimum absolute atomic E-state index is 0.0116. The SMILES string of the molecule is O=C(O)[C@@H]1NCCC1S. The molecule has 9 heavy (non-hydrogen) atoms. The fourth-order valence-corrected chi connectivity index (χ4v) is 1.30. The Bertz CT molecular complexity index is 128. The predicted molar refractivity (Wildman–Crippen MR) is 36.8 cm³/mol. The van der Waals surface area contributed by atoms with Crippen molar-refractivity contribution in [3.63, 3.8) is 0 Å². The van der Waals surface area contributed by atoms with Crippen molar-refractivity contribution in [3.8, 4) is 0 Å². The highest BCUT2D eigenvalue weighted by Crippen LogP contribution is 2.12. The van der Waals surface area contributed by atoms with Gasteiger partial charge in [-0.15, -0.1) is 0 Å². The molecule has 0 aromatic carbocycles. The van der Waals surface area contributed by atoms with Crippen LogP contribution in [0.5, 0.6) is 0 Å². The molecule has 0 spiro atoms. The monoisotopic (exact) mass is 147 g/mol. The Morgan fingerprint density at radius 1 is 1.78 bits per heavy atom. The van der Waals surface area contributed by atoms with Crippen LogP contribution in [0.2, 0.25) is 0 Å². The Kier molecular flexibility index (Phi) is 1.97. The first-order valence-electron chi connectivity index (χ1n) is 2.86. The van der Waals surface area contributed by atoms with Crippen molar-refractivity contribution >= 4 is 18.6 Å². The van der Waals surface area contributed by atoms with Crippen molar-refractivity contribution in [3.05, 3.63) is 0 Å². The Balaban J connectivity index is 2.49. The van der Waals surface area contributed by atoms with Gasteiger partial charge in [0.05, 0.1) is 0 Å². The highest BCUT2D eigenvalue weighted by molar-refractivity contribution is 7.81. The summed E-state index contributed by atoms with van der Waals surface area (Å²) in [5, 5.41) is 11.3. The summed E-state index contributed by atoms with van der Waals surface area (Å²) in [5.74, 6) is -0.799. The number of rotatable bonds is 1. The summed E-state index contributed by atoms with van der Waals surface area (Å²) in [6, 6.07) is -0.437. The predicted octanol–water partition coefficient (Wildman–Crippen LogP) is -0.269. The fraction of sp³-hybridized carbons (Fsp3) is 0.800. The van der Waals surface area contributed by atoms with Crippen molar-refractivity contribution in [1.29, 1.82) is 0 Å². The van der Waals surface area contributed by atoms with Gasteiger partial charge in [0.15, 0.2) is 0 Å². The summed E-state index contributed by atoms with van der Waals surface area (Å²) in [6.07, 6.45) is 0.847. The lowest BCUT2D eigenvalue weighted by molar-refractivity contribution is -0.138. The number of thiol groups is 1. The number of aliphatic carboxylic acids is 1. The van der Waals surface area contributed by atoms with Gasteiger partial charge in [0.25, 0.3) is 0 Å². The average Bonchev–Trinajstić information content (AvgIpc) is 2.13. The van der Waals surface area contributed by atoms with Crippen LogP contribution in [0.1, 0.15) is 6.42 Å². The lowest BCUT2D eigenvalue weighted by Crippen LogP contribution is -2.35. The van der Waals surface area contributed by atoms with Gasteiger partial charge >= 0.3 is 5.97 Å². The van der Waals surface area contributed by atoms with Gasteiger partial charge in [-0.2, -0.15) is 12.6 Å². The van der Waals surface area contributed by atoms with Gasteiger partial charge in [-0.25, -0.2) is 0 Å². The van der Waals surface area contributed by atoms with Crippen molar-refractivity contribution in [2.45, 2.75) is 17.7 Å². The normalized spacial score (nSPS) is 34.8. The molecular formula is C5H9NO2S. The van der Waals surface area contributed by atoms with Crippen LogP contribution in [-0.2, 0) is 4.79 Å². The molecule has 0 aliphatic carbocycles. The van der Waals surface area contributed by atoms with Gasteiger partial charge in [0.1, 0.15) is 6.04 Å². The van der Waals surface area contributed by atoms with Gasteiger partial charge < -0.3 is 10.4 Å². The molecule has 2 N–H and O–H groups in total. The molecule has 0 bridgehead atoms. The summed E-state index contributed by atoms with van der Waals surface area (Å²) in [6.45, 7) is 0.769. The van der Waals surface area contributed by atoms with Gasteiger partial charge in [-0.3, -0.25) is 4.79 Å². The maximum atomic E-state index is 10.3. The van der Waals surface area contributed by atoms with E-state index in [1.807, 2.05) is 0 Å². The maximum absolute atomic E-state index is 10.3. The van der Waals surface area contributed by atoms with Crippen molar-refractivity contribution in [2.24, 2.45) is 0 Å². The summed E-state index contributed by atoms with van der Waals surface area (Å²) < 4.78 is 0. The topological polar surface area (TPSA) is 49.3 Å². The van der Waals surface area contributed by atoms with E-state index in [2.05, 4.69) is 17.9 Å². The van der Waals surface area contributed by atoms with Crippen LogP contribution < -0.4 is 5.32 Å². The minimum atomic E-state index is -0.799. The van der Waals surface area contributed by atoms with Crippen LogP contribution in [0.4, 0.5) is 0 Å². The molecule has 1 unspecified atom stereocenters. The first-order chi connectivity index (χ1) is 4.22. The number of hydrogen-bond acceptors (Lipinski definition) is 3.